The zero-order chi connectivity index (χ0) is 16.0. The van der Waals surface area contributed by atoms with Gasteiger partial charge in [0.1, 0.15) is 0 Å². The van der Waals surface area contributed by atoms with Crippen molar-refractivity contribution >= 4 is 5.97 Å². The molecule has 3 aliphatic carbocycles. The van der Waals surface area contributed by atoms with Gasteiger partial charge in [-0.3, -0.25) is 4.79 Å². The van der Waals surface area contributed by atoms with Gasteiger partial charge in [-0.15, -0.1) is 0 Å². The molecule has 0 radical (unpaired) electrons. The predicted octanol–water partition coefficient (Wildman–Crippen LogP) is 3.74. The van der Waals surface area contributed by atoms with Gasteiger partial charge in [-0.05, 0) is 28.7 Å². The van der Waals surface area contributed by atoms with E-state index >= 15 is 0 Å². The van der Waals surface area contributed by atoms with Crippen LogP contribution in [-0.2, 0) is 9.53 Å². The highest BCUT2D eigenvalue weighted by Gasteiger charge is 2.57. The topological polar surface area (TPSA) is 50.1 Å². The molecular weight excluding hydrogens is 286 g/mol. The molecule has 0 saturated heterocycles. The number of benzene rings is 2. The number of methoxy groups -OCH3 is 1. The Morgan fingerprint density at radius 2 is 1.65 bits per heavy atom. The molecule has 0 N–H and O–H groups in total. The minimum atomic E-state index is -0.781. The Labute approximate surface area is 135 Å². The van der Waals surface area contributed by atoms with E-state index in [-0.39, 0.29) is 24.2 Å². The van der Waals surface area contributed by atoms with Crippen LogP contribution in [0.5, 0.6) is 0 Å². The summed E-state index contributed by atoms with van der Waals surface area (Å²) in [6, 6.07) is 18.8. The lowest BCUT2D eigenvalue weighted by Gasteiger charge is -2.50. The second-order valence-electron chi connectivity index (χ2n) is 6.43. The number of nitriles is 1. The summed E-state index contributed by atoms with van der Waals surface area (Å²) >= 11 is 0. The van der Waals surface area contributed by atoms with Crippen molar-refractivity contribution in [3.05, 3.63) is 70.8 Å². The maximum atomic E-state index is 12.7. The van der Waals surface area contributed by atoms with Gasteiger partial charge in [0.05, 0.1) is 25.0 Å². The van der Waals surface area contributed by atoms with Gasteiger partial charge in [0, 0.05) is 11.8 Å². The molecule has 3 nitrogen and oxygen atoms in total. The van der Waals surface area contributed by atoms with Gasteiger partial charge < -0.3 is 4.74 Å². The molecule has 5 rings (SSSR count). The summed E-state index contributed by atoms with van der Waals surface area (Å²) in [6.45, 7) is 0. The minimum absolute atomic E-state index is 0.105. The third-order valence-electron chi connectivity index (χ3n) is 5.47. The minimum Gasteiger partial charge on any atom is -0.469 e. The van der Waals surface area contributed by atoms with E-state index in [1.807, 2.05) is 24.3 Å². The first-order chi connectivity index (χ1) is 11.2. The van der Waals surface area contributed by atoms with Gasteiger partial charge in [0.15, 0.2) is 0 Å². The number of carbonyl (C=O) groups is 1. The van der Waals surface area contributed by atoms with Gasteiger partial charge in [-0.2, -0.15) is 5.26 Å². The number of hydrogen-bond donors (Lipinski definition) is 0. The first-order valence-electron chi connectivity index (χ1n) is 7.86. The molecule has 23 heavy (non-hydrogen) atoms. The first kappa shape index (κ1) is 14.0. The number of fused-ring (bicyclic) bond motifs is 1. The normalized spacial score (nSPS) is 26.8. The van der Waals surface area contributed by atoms with E-state index in [9.17, 15) is 10.1 Å². The van der Waals surface area contributed by atoms with Crippen molar-refractivity contribution < 1.29 is 9.53 Å². The van der Waals surface area contributed by atoms with E-state index in [1.165, 1.54) is 29.4 Å². The lowest BCUT2D eigenvalue weighted by Crippen LogP contribution is -2.47. The number of carbonyl (C=O) groups excluding carboxylic acids is 1. The largest absolute Gasteiger partial charge is 0.469 e. The van der Waals surface area contributed by atoms with Crippen molar-refractivity contribution in [2.24, 2.45) is 5.41 Å². The highest BCUT2D eigenvalue weighted by molar-refractivity contribution is 5.82. The summed E-state index contributed by atoms with van der Waals surface area (Å²) in [5.41, 5.74) is 4.13. The third kappa shape index (κ3) is 1.72. The lowest BCUT2D eigenvalue weighted by molar-refractivity contribution is -0.155. The molecular formula is C20H17NO2. The molecule has 2 bridgehead atoms. The Morgan fingerprint density at radius 3 is 2.13 bits per heavy atom. The quantitative estimate of drug-likeness (QED) is 0.794. The molecule has 2 aromatic rings. The van der Waals surface area contributed by atoms with E-state index in [1.54, 1.807) is 0 Å². The van der Waals surface area contributed by atoms with Gasteiger partial charge in [0.2, 0.25) is 0 Å². The van der Waals surface area contributed by atoms with Crippen molar-refractivity contribution in [3.8, 4) is 6.07 Å². The molecule has 0 aromatic heterocycles. The second kappa shape index (κ2) is 4.96. The van der Waals surface area contributed by atoms with Gasteiger partial charge in [-0.25, -0.2) is 0 Å². The Morgan fingerprint density at radius 1 is 1.13 bits per heavy atom. The van der Waals surface area contributed by atoms with Crippen LogP contribution in [0.2, 0.25) is 0 Å². The molecule has 1 atom stereocenters. The van der Waals surface area contributed by atoms with Crippen LogP contribution in [0.4, 0.5) is 0 Å². The average Bonchev–Trinajstić information content (AvgIpc) is 2.61. The van der Waals surface area contributed by atoms with Gasteiger partial charge in [-0.1, -0.05) is 48.5 Å². The monoisotopic (exact) mass is 303 g/mol. The number of nitrogens with zero attached hydrogens (tertiary/aromatic N) is 1. The highest BCUT2D eigenvalue weighted by Crippen LogP contribution is 2.62. The summed E-state index contributed by atoms with van der Waals surface area (Å²) < 4.78 is 5.14. The summed E-state index contributed by atoms with van der Waals surface area (Å²) in [5.74, 6) is -0.218. The van der Waals surface area contributed by atoms with Crippen LogP contribution in [0, 0.1) is 16.7 Å². The van der Waals surface area contributed by atoms with Crippen molar-refractivity contribution in [2.75, 3.05) is 7.11 Å². The van der Waals surface area contributed by atoms with Crippen molar-refractivity contribution in [2.45, 2.75) is 24.7 Å². The van der Waals surface area contributed by atoms with Crippen molar-refractivity contribution in [1.82, 2.24) is 0 Å². The maximum absolute atomic E-state index is 12.7. The van der Waals surface area contributed by atoms with Crippen LogP contribution >= 0.6 is 0 Å². The molecule has 0 spiro atoms. The molecule has 114 valence electrons. The first-order valence-corrected chi connectivity index (χ1v) is 7.86. The molecule has 0 amide bonds. The average molecular weight is 303 g/mol. The van der Waals surface area contributed by atoms with Gasteiger partial charge in [0.25, 0.3) is 0 Å². The van der Waals surface area contributed by atoms with Gasteiger partial charge >= 0.3 is 5.97 Å². The summed E-state index contributed by atoms with van der Waals surface area (Å²) in [7, 11) is 1.42. The van der Waals surface area contributed by atoms with Crippen LogP contribution < -0.4 is 0 Å². The third-order valence-corrected chi connectivity index (χ3v) is 5.47. The molecule has 0 aliphatic heterocycles. The predicted molar refractivity (Wildman–Crippen MR) is 85.9 cm³/mol. The molecule has 0 fully saturated rings. The van der Waals surface area contributed by atoms with Crippen molar-refractivity contribution in [1.29, 1.82) is 5.26 Å². The number of hydrogen-bond acceptors (Lipinski definition) is 3. The number of ether oxygens (including phenoxy) is 1. The van der Waals surface area contributed by atoms with Crippen LogP contribution in [0.25, 0.3) is 0 Å². The lowest BCUT2D eigenvalue weighted by atomic mass is 9.51. The fourth-order valence-corrected chi connectivity index (χ4v) is 4.61. The fraction of sp³-hybridized carbons (Fsp3) is 0.300. The Hall–Kier alpha value is -2.60. The molecule has 2 aromatic carbocycles. The standard InChI is InChI=1S/C20H17NO2/c1-23-19(22)20(10-11-21)12-17-13-6-2-4-8-15(13)18(20)16-9-5-3-7-14(16)17/h2-9,17-18H,10,12H2,1H3. The molecule has 1 unspecified atom stereocenters. The number of rotatable bonds is 2. The van der Waals surface area contributed by atoms with Crippen LogP contribution in [0.3, 0.4) is 0 Å². The summed E-state index contributed by atoms with van der Waals surface area (Å²) in [6.07, 6.45) is 0.829. The van der Waals surface area contributed by atoms with Crippen molar-refractivity contribution in [3.63, 3.8) is 0 Å². The Balaban J connectivity index is 2.02. The van der Waals surface area contributed by atoms with Crippen LogP contribution in [0.1, 0.15) is 46.9 Å². The summed E-state index contributed by atoms with van der Waals surface area (Å²) in [5, 5.41) is 9.39. The zero-order valence-corrected chi connectivity index (χ0v) is 13.0. The Bertz CT molecular complexity index is 788. The van der Waals surface area contributed by atoms with E-state index in [0.717, 1.165) is 0 Å². The van der Waals surface area contributed by atoms with Crippen LogP contribution in [0.15, 0.2) is 48.5 Å². The van der Waals surface area contributed by atoms with E-state index in [0.29, 0.717) is 6.42 Å². The molecule has 0 saturated carbocycles. The summed E-state index contributed by atoms with van der Waals surface area (Å²) in [4.78, 5) is 12.7. The molecule has 3 aliphatic rings. The van der Waals surface area contributed by atoms with E-state index in [4.69, 9.17) is 4.74 Å². The van der Waals surface area contributed by atoms with Crippen LogP contribution in [-0.4, -0.2) is 13.1 Å². The SMILES string of the molecule is COC(=O)C1(CC#N)CC2c3ccccc3C1c1ccccc12. The van der Waals surface area contributed by atoms with E-state index < -0.39 is 5.41 Å². The fourth-order valence-electron chi connectivity index (χ4n) is 4.61. The molecule has 0 heterocycles. The number of esters is 1. The zero-order valence-electron chi connectivity index (χ0n) is 13.0. The Kier molecular flexibility index (Phi) is 3.02. The maximum Gasteiger partial charge on any atom is 0.313 e. The smallest absolute Gasteiger partial charge is 0.313 e. The molecule has 3 heteroatoms. The van der Waals surface area contributed by atoms with E-state index in [2.05, 4.69) is 30.3 Å². The second-order valence-corrected chi connectivity index (χ2v) is 6.43. The highest BCUT2D eigenvalue weighted by atomic mass is 16.5.